The molecule has 7 heteroatoms. The molecule has 0 unspecified atom stereocenters. The van der Waals surface area contributed by atoms with E-state index in [0.29, 0.717) is 18.9 Å². The molecular weight excluding hydrogens is 360 g/mol. The number of nitrogens with zero attached hydrogens (tertiary/aromatic N) is 3. The largest absolute Gasteiger partial charge is 0.504 e. The van der Waals surface area contributed by atoms with E-state index in [2.05, 4.69) is 27.0 Å². The quantitative estimate of drug-likeness (QED) is 0.567. The fourth-order valence-electron chi connectivity index (χ4n) is 3.42. The maximum Gasteiger partial charge on any atom is 0.165 e. The molecule has 0 radical (unpaired) electrons. The lowest BCUT2D eigenvalue weighted by Crippen LogP contribution is -2.25. The average Bonchev–Trinajstić information content (AvgIpc) is 3.28. The SMILES string of the molecule is Oc1cc(-c2nc3ccccc3s2)cc2c1OCCN(Cc1cnc[nH]1)C2. The lowest BCUT2D eigenvalue weighted by molar-refractivity contribution is 0.215. The summed E-state index contributed by atoms with van der Waals surface area (Å²) in [7, 11) is 0. The summed E-state index contributed by atoms with van der Waals surface area (Å²) in [5, 5.41) is 11.5. The molecule has 5 rings (SSSR count). The van der Waals surface area contributed by atoms with E-state index in [9.17, 15) is 5.11 Å². The van der Waals surface area contributed by atoms with Crippen molar-refractivity contribution in [3.8, 4) is 22.1 Å². The Morgan fingerprint density at radius 3 is 3.04 bits per heavy atom. The number of phenolic OH excluding ortho intramolecular Hbond substituents is 1. The van der Waals surface area contributed by atoms with Gasteiger partial charge in [-0.3, -0.25) is 4.90 Å². The normalized spacial score (nSPS) is 14.7. The highest BCUT2D eigenvalue weighted by molar-refractivity contribution is 7.21. The molecule has 1 aliphatic heterocycles. The minimum Gasteiger partial charge on any atom is -0.504 e. The fraction of sp³-hybridized carbons (Fsp3) is 0.200. The van der Waals surface area contributed by atoms with Crippen molar-refractivity contribution in [2.45, 2.75) is 13.1 Å². The second kappa shape index (κ2) is 6.68. The molecule has 4 aromatic rings. The molecule has 27 heavy (non-hydrogen) atoms. The van der Waals surface area contributed by atoms with E-state index in [-0.39, 0.29) is 5.75 Å². The van der Waals surface area contributed by atoms with Gasteiger partial charge in [-0.25, -0.2) is 9.97 Å². The van der Waals surface area contributed by atoms with Gasteiger partial charge in [0.1, 0.15) is 11.6 Å². The number of ether oxygens (including phenoxy) is 1. The van der Waals surface area contributed by atoms with Crippen LogP contribution in [0.5, 0.6) is 11.5 Å². The van der Waals surface area contributed by atoms with Gasteiger partial charge in [0.2, 0.25) is 0 Å². The molecule has 0 atom stereocenters. The Morgan fingerprint density at radius 2 is 2.19 bits per heavy atom. The van der Waals surface area contributed by atoms with Gasteiger partial charge >= 0.3 is 0 Å². The minimum atomic E-state index is 0.171. The number of fused-ring (bicyclic) bond motifs is 2. The van der Waals surface area contributed by atoms with Crippen LogP contribution in [-0.4, -0.2) is 38.1 Å². The number of aromatic amines is 1. The number of nitrogens with one attached hydrogen (secondary N) is 1. The van der Waals surface area contributed by atoms with Crippen LogP contribution in [0.4, 0.5) is 0 Å². The maximum absolute atomic E-state index is 10.6. The Balaban J connectivity index is 1.51. The van der Waals surface area contributed by atoms with E-state index < -0.39 is 0 Å². The number of phenols is 1. The predicted octanol–water partition coefficient (Wildman–Crippen LogP) is 3.79. The van der Waals surface area contributed by atoms with Crippen molar-refractivity contribution >= 4 is 21.6 Å². The third kappa shape index (κ3) is 3.15. The van der Waals surface area contributed by atoms with Crippen molar-refractivity contribution in [1.82, 2.24) is 19.9 Å². The molecule has 0 spiro atoms. The van der Waals surface area contributed by atoms with E-state index in [4.69, 9.17) is 9.72 Å². The smallest absolute Gasteiger partial charge is 0.165 e. The highest BCUT2D eigenvalue weighted by Crippen LogP contribution is 2.39. The summed E-state index contributed by atoms with van der Waals surface area (Å²) in [6, 6.07) is 11.9. The van der Waals surface area contributed by atoms with Crippen molar-refractivity contribution in [2.75, 3.05) is 13.2 Å². The molecule has 1 aliphatic rings. The van der Waals surface area contributed by atoms with Crippen LogP contribution in [0, 0.1) is 0 Å². The summed E-state index contributed by atoms with van der Waals surface area (Å²) in [5.41, 5.74) is 3.93. The lowest BCUT2D eigenvalue weighted by Gasteiger charge is -2.18. The molecule has 2 aromatic heterocycles. The third-order valence-corrected chi connectivity index (χ3v) is 5.77. The van der Waals surface area contributed by atoms with Crippen molar-refractivity contribution < 1.29 is 9.84 Å². The van der Waals surface area contributed by atoms with Gasteiger partial charge in [0, 0.05) is 42.7 Å². The molecule has 0 bridgehead atoms. The summed E-state index contributed by atoms with van der Waals surface area (Å²) in [6.07, 6.45) is 3.52. The maximum atomic E-state index is 10.6. The topological polar surface area (TPSA) is 74.3 Å². The first-order valence-corrected chi connectivity index (χ1v) is 9.62. The van der Waals surface area contributed by atoms with E-state index in [1.54, 1.807) is 23.7 Å². The summed E-state index contributed by atoms with van der Waals surface area (Å²) in [5.74, 6) is 0.747. The van der Waals surface area contributed by atoms with Crippen LogP contribution in [-0.2, 0) is 13.1 Å². The predicted molar refractivity (Wildman–Crippen MR) is 105 cm³/mol. The van der Waals surface area contributed by atoms with Crippen LogP contribution >= 0.6 is 11.3 Å². The molecule has 0 aliphatic carbocycles. The Labute approximate surface area is 160 Å². The zero-order chi connectivity index (χ0) is 18.2. The summed E-state index contributed by atoms with van der Waals surface area (Å²) in [4.78, 5) is 14.2. The van der Waals surface area contributed by atoms with Gasteiger partial charge < -0.3 is 14.8 Å². The van der Waals surface area contributed by atoms with Crippen molar-refractivity contribution in [3.05, 3.63) is 60.2 Å². The number of hydrogen-bond donors (Lipinski definition) is 2. The number of rotatable bonds is 3. The summed E-state index contributed by atoms with van der Waals surface area (Å²) >= 11 is 1.63. The van der Waals surface area contributed by atoms with Crippen LogP contribution in [0.3, 0.4) is 0 Å². The zero-order valence-corrected chi connectivity index (χ0v) is 15.4. The van der Waals surface area contributed by atoms with Gasteiger partial charge in [-0.2, -0.15) is 0 Å². The number of hydrogen-bond acceptors (Lipinski definition) is 6. The van der Waals surface area contributed by atoms with Gasteiger partial charge in [-0.05, 0) is 24.3 Å². The van der Waals surface area contributed by atoms with E-state index in [0.717, 1.165) is 45.1 Å². The van der Waals surface area contributed by atoms with Crippen LogP contribution < -0.4 is 4.74 Å². The highest BCUT2D eigenvalue weighted by atomic mass is 32.1. The van der Waals surface area contributed by atoms with Gasteiger partial charge in [0.05, 0.1) is 16.5 Å². The van der Waals surface area contributed by atoms with Crippen LogP contribution in [0.2, 0.25) is 0 Å². The van der Waals surface area contributed by atoms with Crippen molar-refractivity contribution in [1.29, 1.82) is 0 Å². The molecular formula is C20H18N4O2S. The van der Waals surface area contributed by atoms with Crippen molar-refractivity contribution in [2.24, 2.45) is 0 Å². The Morgan fingerprint density at radius 1 is 1.26 bits per heavy atom. The number of H-pyrrole nitrogens is 1. The van der Waals surface area contributed by atoms with E-state index in [1.165, 1.54) is 0 Å². The van der Waals surface area contributed by atoms with E-state index in [1.807, 2.05) is 24.4 Å². The molecule has 2 N–H and O–H groups in total. The summed E-state index contributed by atoms with van der Waals surface area (Å²) < 4.78 is 6.98. The number of thiazole rings is 1. The van der Waals surface area contributed by atoms with Gasteiger partial charge in [-0.15, -0.1) is 11.3 Å². The molecule has 0 saturated carbocycles. The number of benzene rings is 2. The number of para-hydroxylation sites is 1. The number of imidazole rings is 1. The first-order valence-electron chi connectivity index (χ1n) is 8.80. The van der Waals surface area contributed by atoms with Gasteiger partial charge in [0.15, 0.2) is 11.5 Å². The second-order valence-corrected chi connectivity index (χ2v) is 7.64. The highest BCUT2D eigenvalue weighted by Gasteiger charge is 2.21. The lowest BCUT2D eigenvalue weighted by atomic mass is 10.1. The number of aromatic hydroxyl groups is 1. The second-order valence-electron chi connectivity index (χ2n) is 6.61. The Hall–Kier alpha value is -2.90. The van der Waals surface area contributed by atoms with Crippen molar-refractivity contribution in [3.63, 3.8) is 0 Å². The van der Waals surface area contributed by atoms with Crippen LogP contribution in [0.25, 0.3) is 20.8 Å². The van der Waals surface area contributed by atoms with Gasteiger partial charge in [-0.1, -0.05) is 12.1 Å². The average molecular weight is 378 g/mol. The Kier molecular flexibility index (Phi) is 4.03. The van der Waals surface area contributed by atoms with E-state index >= 15 is 0 Å². The first kappa shape index (κ1) is 16.3. The molecule has 6 nitrogen and oxygen atoms in total. The minimum absolute atomic E-state index is 0.171. The first-order chi connectivity index (χ1) is 13.3. The molecule has 136 valence electrons. The zero-order valence-electron chi connectivity index (χ0n) is 14.6. The number of aromatic nitrogens is 3. The standard InChI is InChI=1S/C20H18N4O2S/c25-17-8-13(20-23-16-3-1-2-4-18(16)27-20)7-14-10-24(5-6-26-19(14)17)11-15-9-21-12-22-15/h1-4,7-9,12,25H,5-6,10-11H2,(H,21,22). The fourth-order valence-corrected chi connectivity index (χ4v) is 4.37. The third-order valence-electron chi connectivity index (χ3n) is 4.68. The Bertz CT molecular complexity index is 1060. The molecule has 0 saturated heterocycles. The molecule has 0 amide bonds. The van der Waals surface area contributed by atoms with Crippen LogP contribution in [0.1, 0.15) is 11.3 Å². The monoisotopic (exact) mass is 378 g/mol. The molecule has 3 heterocycles. The van der Waals surface area contributed by atoms with Crippen LogP contribution in [0.15, 0.2) is 48.9 Å². The molecule has 2 aromatic carbocycles. The van der Waals surface area contributed by atoms with Gasteiger partial charge in [0.25, 0.3) is 0 Å². The molecule has 0 fully saturated rings. The summed E-state index contributed by atoms with van der Waals surface area (Å²) in [6.45, 7) is 2.77.